The molecule has 1 N–H and O–H groups in total. The summed E-state index contributed by atoms with van der Waals surface area (Å²) in [5.41, 5.74) is 15.7. The van der Waals surface area contributed by atoms with Crippen LogP contribution in [0.2, 0.25) is 19.6 Å². The number of alkyl halides is 1. The highest BCUT2D eigenvalue weighted by Gasteiger charge is 2.22. The van der Waals surface area contributed by atoms with Gasteiger partial charge in [0.25, 0.3) is 0 Å². The molecule has 0 radical (unpaired) electrons. The van der Waals surface area contributed by atoms with Crippen molar-refractivity contribution in [2.75, 3.05) is 12.4 Å². The second-order valence-corrected chi connectivity index (χ2v) is 13.5. The monoisotopic (exact) mass is 497 g/mol. The van der Waals surface area contributed by atoms with Crippen LogP contribution in [0.4, 0.5) is 16.0 Å². The van der Waals surface area contributed by atoms with Crippen molar-refractivity contribution in [2.24, 2.45) is 9.89 Å². The quantitative estimate of drug-likeness (QED) is 0.161. The van der Waals surface area contributed by atoms with Gasteiger partial charge in [-0.1, -0.05) is 31.7 Å². The van der Waals surface area contributed by atoms with Gasteiger partial charge in [-0.05, 0) is 52.9 Å². The first kappa shape index (κ1) is 27.3. The maximum atomic E-state index is 14.1. The summed E-state index contributed by atoms with van der Waals surface area (Å²) < 4.78 is 23.0. The van der Waals surface area contributed by atoms with Gasteiger partial charge >= 0.3 is 0 Å². The van der Waals surface area contributed by atoms with Crippen LogP contribution < -0.4 is 10.1 Å². The lowest BCUT2D eigenvalue weighted by Crippen LogP contribution is -2.14. The Balaban J connectivity index is 0.000000540. The first-order chi connectivity index (χ1) is 16.4. The van der Waals surface area contributed by atoms with Gasteiger partial charge < -0.3 is 10.1 Å². The number of aromatic nitrogens is 4. The highest BCUT2D eigenvalue weighted by molar-refractivity contribution is 6.74. The standard InChI is InChI=1S/C18H19FN8O.C3H9N3Si/c1-10(26-27-20)12-8-23-16(28-4)13-9-22-15(7-11(12)13)24-14-5-6-21-17(25-14)18(2,3)19;1-7(2,3)6-5-4/h5-10H,1-4H3,(H,21,22,24,25);1-3H3. The van der Waals surface area contributed by atoms with Gasteiger partial charge in [-0.25, -0.2) is 24.3 Å². The summed E-state index contributed by atoms with van der Waals surface area (Å²) in [5, 5.41) is 8.25. The number of fused-ring (bicyclic) bond motifs is 1. The van der Waals surface area contributed by atoms with Gasteiger partial charge in [0.05, 0.1) is 18.5 Å². The molecule has 35 heavy (non-hydrogen) atoms. The molecule has 0 aromatic carbocycles. The molecule has 14 heteroatoms. The molecule has 184 valence electrons. The number of ether oxygens (including phenoxy) is 1. The Morgan fingerprint density at radius 3 is 2.34 bits per heavy atom. The predicted molar refractivity (Wildman–Crippen MR) is 136 cm³/mol. The van der Waals surface area contributed by atoms with E-state index in [0.29, 0.717) is 22.9 Å². The van der Waals surface area contributed by atoms with Gasteiger partial charge in [0.2, 0.25) is 5.88 Å². The number of rotatable bonds is 7. The molecule has 12 nitrogen and oxygen atoms in total. The van der Waals surface area contributed by atoms with Crippen LogP contribution >= 0.6 is 0 Å². The third-order valence-corrected chi connectivity index (χ3v) is 5.11. The van der Waals surface area contributed by atoms with Crippen LogP contribution in [0.1, 0.15) is 38.2 Å². The van der Waals surface area contributed by atoms with Crippen molar-refractivity contribution in [1.29, 1.82) is 0 Å². The first-order valence-corrected chi connectivity index (χ1v) is 14.1. The van der Waals surface area contributed by atoms with Crippen LogP contribution in [-0.4, -0.2) is 35.3 Å². The van der Waals surface area contributed by atoms with Gasteiger partial charge in [0.15, 0.2) is 11.5 Å². The van der Waals surface area contributed by atoms with Crippen LogP contribution in [0.25, 0.3) is 31.7 Å². The molecule has 0 bridgehead atoms. The molecule has 1 atom stereocenters. The minimum atomic E-state index is -1.66. The summed E-state index contributed by atoms with van der Waals surface area (Å²) in [6, 6.07) is 2.97. The fraction of sp³-hybridized carbons (Fsp3) is 0.429. The van der Waals surface area contributed by atoms with Crippen molar-refractivity contribution in [3.8, 4) is 5.88 Å². The number of azide groups is 2. The molecule has 1 unspecified atom stereocenters. The molecule has 0 saturated heterocycles. The summed E-state index contributed by atoms with van der Waals surface area (Å²) in [6.45, 7) is 10.5. The van der Waals surface area contributed by atoms with Crippen LogP contribution in [0.5, 0.6) is 5.88 Å². The number of nitrogens with zero attached hydrogens (tertiary/aromatic N) is 10. The molecule has 0 spiro atoms. The van der Waals surface area contributed by atoms with E-state index in [1.807, 2.05) is 19.6 Å². The Labute approximate surface area is 203 Å². The third kappa shape index (κ3) is 7.78. The maximum absolute atomic E-state index is 14.1. The van der Waals surface area contributed by atoms with Crippen LogP contribution in [0.3, 0.4) is 0 Å². The van der Waals surface area contributed by atoms with Crippen LogP contribution in [0.15, 0.2) is 40.6 Å². The molecule has 0 saturated carbocycles. The Kier molecular flexibility index (Phi) is 8.90. The van der Waals surface area contributed by atoms with Gasteiger partial charge in [-0.2, -0.15) is 0 Å². The fourth-order valence-electron chi connectivity index (χ4n) is 2.82. The Hall–Kier alpha value is -3.99. The number of hydrogen-bond donors (Lipinski definition) is 1. The number of pyridine rings is 2. The Bertz CT molecular complexity index is 1280. The van der Waals surface area contributed by atoms with E-state index < -0.39 is 19.9 Å². The number of halogens is 1. The van der Waals surface area contributed by atoms with Crippen molar-refractivity contribution in [2.45, 2.75) is 52.1 Å². The highest BCUT2D eigenvalue weighted by atomic mass is 28.3. The SMILES string of the molecule is COc1ncc(C(C)N=[N+]=[N-])c2cc(Nc3ccnc(C(C)(C)F)n3)ncc12.C[Si](C)(C)N=[N+]=[N-]. The van der Waals surface area contributed by atoms with Gasteiger partial charge in [-0.3, -0.25) is 0 Å². The molecule has 0 aliphatic rings. The van der Waals surface area contributed by atoms with Crippen molar-refractivity contribution in [3.63, 3.8) is 0 Å². The minimum Gasteiger partial charge on any atom is -0.481 e. The van der Waals surface area contributed by atoms with E-state index in [0.717, 1.165) is 10.9 Å². The van der Waals surface area contributed by atoms with E-state index >= 15 is 0 Å². The predicted octanol–water partition coefficient (Wildman–Crippen LogP) is 6.88. The van der Waals surface area contributed by atoms with Gasteiger partial charge in [0.1, 0.15) is 19.9 Å². The van der Waals surface area contributed by atoms with E-state index in [9.17, 15) is 4.39 Å². The third-order valence-electron chi connectivity index (χ3n) is 4.42. The van der Waals surface area contributed by atoms with Crippen molar-refractivity contribution in [1.82, 2.24) is 19.9 Å². The molecule has 0 aliphatic heterocycles. The van der Waals surface area contributed by atoms with E-state index in [2.05, 4.69) is 45.0 Å². The topological polar surface area (TPSA) is 170 Å². The molecule has 0 fully saturated rings. The average molecular weight is 498 g/mol. The normalized spacial score (nSPS) is 11.9. The minimum absolute atomic E-state index is 0.0711. The number of nitrogens with one attached hydrogen (secondary N) is 1. The van der Waals surface area contributed by atoms with E-state index in [-0.39, 0.29) is 5.82 Å². The Morgan fingerprint density at radius 1 is 1.09 bits per heavy atom. The van der Waals surface area contributed by atoms with E-state index in [4.69, 9.17) is 15.8 Å². The zero-order valence-electron chi connectivity index (χ0n) is 20.7. The van der Waals surface area contributed by atoms with Crippen molar-refractivity contribution in [3.05, 3.63) is 63.0 Å². The van der Waals surface area contributed by atoms with Crippen LogP contribution in [0, 0.1) is 0 Å². The lowest BCUT2D eigenvalue weighted by Gasteiger charge is -2.15. The van der Waals surface area contributed by atoms with Gasteiger partial charge in [-0.15, -0.1) is 4.78 Å². The molecular weight excluding hydrogens is 469 g/mol. The second kappa shape index (κ2) is 11.4. The van der Waals surface area contributed by atoms with Gasteiger partial charge in [0, 0.05) is 23.5 Å². The molecule has 3 aromatic rings. The largest absolute Gasteiger partial charge is 0.481 e. The lowest BCUT2D eigenvalue weighted by molar-refractivity contribution is 0.206. The lowest BCUT2D eigenvalue weighted by atomic mass is 10.0. The fourth-order valence-corrected chi connectivity index (χ4v) is 3.08. The molecule has 0 aliphatic carbocycles. The summed E-state index contributed by atoms with van der Waals surface area (Å²) in [4.78, 5) is 22.3. The molecular formula is C21H28FN11OSi. The highest BCUT2D eigenvalue weighted by Crippen LogP contribution is 2.32. The molecule has 3 aromatic heterocycles. The summed E-state index contributed by atoms with van der Waals surface area (Å²) >= 11 is 0. The maximum Gasteiger partial charge on any atom is 0.222 e. The zero-order chi connectivity index (χ0) is 26.2. The van der Waals surface area contributed by atoms with Crippen LogP contribution in [-0.2, 0) is 5.67 Å². The van der Waals surface area contributed by atoms with Crippen molar-refractivity contribution < 1.29 is 9.13 Å². The summed E-state index contributed by atoms with van der Waals surface area (Å²) in [5.74, 6) is 1.38. The summed E-state index contributed by atoms with van der Waals surface area (Å²) in [7, 11) is 0.0706. The number of methoxy groups -OCH3 is 1. The Morgan fingerprint density at radius 2 is 1.80 bits per heavy atom. The molecule has 3 heterocycles. The second-order valence-electron chi connectivity index (χ2n) is 8.94. The zero-order valence-corrected chi connectivity index (χ0v) is 21.7. The first-order valence-electron chi connectivity index (χ1n) is 10.6. The van der Waals surface area contributed by atoms with E-state index in [1.54, 1.807) is 31.5 Å². The summed E-state index contributed by atoms with van der Waals surface area (Å²) in [6.07, 6.45) is 4.70. The van der Waals surface area contributed by atoms with E-state index in [1.165, 1.54) is 27.2 Å². The number of hydrogen-bond acceptors (Lipinski definition) is 8. The van der Waals surface area contributed by atoms with Crippen molar-refractivity contribution >= 4 is 30.6 Å². The number of anilines is 2. The molecule has 0 amide bonds. The smallest absolute Gasteiger partial charge is 0.222 e. The molecule has 3 rings (SSSR count). The average Bonchev–Trinajstić information content (AvgIpc) is 2.77.